The van der Waals surface area contributed by atoms with E-state index < -0.39 is 0 Å². The minimum atomic E-state index is 0.530. The number of rotatable bonds is 5. The van der Waals surface area contributed by atoms with Crippen molar-refractivity contribution in [3.05, 3.63) is 77.9 Å². The Balaban J connectivity index is 1.62. The van der Waals surface area contributed by atoms with Gasteiger partial charge >= 0.3 is 0 Å². The van der Waals surface area contributed by atoms with E-state index in [1.54, 1.807) is 6.20 Å². The topological polar surface area (TPSA) is 39.9 Å². The van der Waals surface area contributed by atoms with Crippen molar-refractivity contribution in [1.82, 2.24) is 14.5 Å². The van der Waals surface area contributed by atoms with Crippen molar-refractivity contribution in [2.24, 2.45) is 0 Å². The van der Waals surface area contributed by atoms with Crippen molar-refractivity contribution in [2.75, 3.05) is 6.61 Å². The van der Waals surface area contributed by atoms with E-state index >= 15 is 0 Å². The van der Waals surface area contributed by atoms with Crippen LogP contribution >= 0.6 is 11.6 Å². The molecular weight excluding hydrogens is 334 g/mol. The van der Waals surface area contributed by atoms with Gasteiger partial charge in [0.1, 0.15) is 18.1 Å². The van der Waals surface area contributed by atoms with Crippen molar-refractivity contribution in [3.8, 4) is 17.3 Å². The van der Waals surface area contributed by atoms with Gasteiger partial charge in [-0.05, 0) is 48.5 Å². The van der Waals surface area contributed by atoms with Gasteiger partial charge < -0.3 is 9.30 Å². The van der Waals surface area contributed by atoms with Crippen molar-refractivity contribution in [1.29, 1.82) is 0 Å². The van der Waals surface area contributed by atoms with Crippen molar-refractivity contribution < 1.29 is 4.74 Å². The fraction of sp³-hybridized carbons (Fsp3) is 0.100. The van der Waals surface area contributed by atoms with Crippen LogP contribution in [0.4, 0.5) is 0 Å². The number of hydrogen-bond donors (Lipinski definition) is 0. The Morgan fingerprint density at radius 2 is 1.72 bits per heavy atom. The molecule has 25 heavy (non-hydrogen) atoms. The molecule has 0 aliphatic heterocycles. The minimum Gasteiger partial charge on any atom is -0.492 e. The predicted molar refractivity (Wildman–Crippen MR) is 99.9 cm³/mol. The lowest BCUT2D eigenvalue weighted by Crippen LogP contribution is -2.09. The molecule has 0 bridgehead atoms. The number of ether oxygens (including phenoxy) is 1. The Morgan fingerprint density at radius 3 is 2.52 bits per heavy atom. The van der Waals surface area contributed by atoms with Crippen LogP contribution in [0.15, 0.2) is 72.9 Å². The smallest absolute Gasteiger partial charge is 0.159 e. The lowest BCUT2D eigenvalue weighted by atomic mass is 10.3. The molecule has 2 aromatic carbocycles. The van der Waals surface area contributed by atoms with Crippen LogP contribution in [-0.2, 0) is 6.54 Å². The molecule has 2 aromatic heterocycles. The Labute approximate surface area is 150 Å². The summed E-state index contributed by atoms with van der Waals surface area (Å²) in [5, 5.41) is 0.699. The molecule has 0 saturated carbocycles. The van der Waals surface area contributed by atoms with Crippen LogP contribution in [0.5, 0.6) is 5.75 Å². The zero-order chi connectivity index (χ0) is 17.1. The fourth-order valence-corrected chi connectivity index (χ4v) is 2.90. The first kappa shape index (κ1) is 15.7. The zero-order valence-electron chi connectivity index (χ0n) is 13.5. The second-order valence-corrected chi connectivity index (χ2v) is 6.03. The maximum atomic E-state index is 5.91. The summed E-state index contributed by atoms with van der Waals surface area (Å²) in [7, 11) is 0. The largest absolute Gasteiger partial charge is 0.492 e. The number of nitrogens with zero attached hydrogens (tertiary/aromatic N) is 3. The van der Waals surface area contributed by atoms with E-state index in [-0.39, 0.29) is 0 Å². The zero-order valence-corrected chi connectivity index (χ0v) is 14.2. The average Bonchev–Trinajstić information content (AvgIpc) is 3.03. The number of aromatic nitrogens is 3. The maximum absolute atomic E-state index is 5.91. The SMILES string of the molecule is Clc1ccc(OCCn2c(-c3ccccn3)nc3ccccc32)cc1. The Hall–Kier alpha value is -2.85. The molecule has 124 valence electrons. The van der Waals surface area contributed by atoms with Crippen LogP contribution in [0.25, 0.3) is 22.6 Å². The van der Waals surface area contributed by atoms with Gasteiger partial charge in [-0.3, -0.25) is 4.98 Å². The third kappa shape index (κ3) is 3.35. The summed E-state index contributed by atoms with van der Waals surface area (Å²) in [5.41, 5.74) is 2.88. The van der Waals surface area contributed by atoms with Crippen LogP contribution in [0.1, 0.15) is 0 Å². The molecule has 0 aliphatic rings. The normalized spacial score (nSPS) is 10.9. The predicted octanol–water partition coefficient (Wildman–Crippen LogP) is 4.83. The van der Waals surface area contributed by atoms with Crippen LogP contribution in [0, 0.1) is 0 Å². The summed E-state index contributed by atoms with van der Waals surface area (Å²) in [6, 6.07) is 21.3. The molecule has 0 radical (unpaired) electrons. The first-order valence-corrected chi connectivity index (χ1v) is 8.44. The molecule has 2 heterocycles. The highest BCUT2D eigenvalue weighted by Gasteiger charge is 2.13. The summed E-state index contributed by atoms with van der Waals surface area (Å²) in [6.07, 6.45) is 1.78. The molecule has 4 nitrogen and oxygen atoms in total. The molecular formula is C20H16ClN3O. The molecule has 0 saturated heterocycles. The van der Waals surface area contributed by atoms with Gasteiger partial charge in [-0.25, -0.2) is 4.98 Å². The number of fused-ring (bicyclic) bond motifs is 1. The Kier molecular flexibility index (Phi) is 4.36. The monoisotopic (exact) mass is 349 g/mol. The van der Waals surface area contributed by atoms with E-state index in [0.29, 0.717) is 18.2 Å². The standard InChI is InChI=1S/C20H16ClN3O/c21-15-8-10-16(11-9-15)25-14-13-24-19-7-2-1-5-17(19)23-20(24)18-6-3-4-12-22-18/h1-12H,13-14H2. The molecule has 0 amide bonds. The summed E-state index contributed by atoms with van der Waals surface area (Å²) >= 11 is 5.91. The summed E-state index contributed by atoms with van der Waals surface area (Å²) in [4.78, 5) is 9.19. The van der Waals surface area contributed by atoms with E-state index in [1.165, 1.54) is 0 Å². The average molecular weight is 350 g/mol. The minimum absolute atomic E-state index is 0.530. The second-order valence-electron chi connectivity index (χ2n) is 5.59. The van der Waals surface area contributed by atoms with E-state index in [4.69, 9.17) is 21.3 Å². The lowest BCUT2D eigenvalue weighted by molar-refractivity contribution is 0.301. The van der Waals surface area contributed by atoms with E-state index in [2.05, 4.69) is 15.6 Å². The summed E-state index contributed by atoms with van der Waals surface area (Å²) < 4.78 is 7.99. The van der Waals surface area contributed by atoms with Gasteiger partial charge in [0.05, 0.1) is 17.6 Å². The number of benzene rings is 2. The van der Waals surface area contributed by atoms with Crippen LogP contribution in [0.3, 0.4) is 0 Å². The van der Waals surface area contributed by atoms with Crippen LogP contribution in [0.2, 0.25) is 5.02 Å². The maximum Gasteiger partial charge on any atom is 0.159 e. The quantitative estimate of drug-likeness (QED) is 0.518. The van der Waals surface area contributed by atoms with E-state index in [1.807, 2.05) is 60.7 Å². The molecule has 0 atom stereocenters. The van der Waals surface area contributed by atoms with Gasteiger partial charge in [-0.2, -0.15) is 0 Å². The van der Waals surface area contributed by atoms with E-state index in [0.717, 1.165) is 28.3 Å². The Bertz CT molecular complexity index is 981. The molecule has 4 rings (SSSR count). The second kappa shape index (κ2) is 6.95. The number of halogens is 1. The van der Waals surface area contributed by atoms with E-state index in [9.17, 15) is 0 Å². The van der Waals surface area contributed by atoms with Crippen molar-refractivity contribution in [2.45, 2.75) is 6.54 Å². The highest BCUT2D eigenvalue weighted by molar-refractivity contribution is 6.30. The molecule has 0 fully saturated rings. The molecule has 0 unspecified atom stereocenters. The molecule has 0 spiro atoms. The molecule has 0 aliphatic carbocycles. The van der Waals surface area contributed by atoms with Gasteiger partial charge in [0.15, 0.2) is 5.82 Å². The number of hydrogen-bond acceptors (Lipinski definition) is 3. The third-order valence-electron chi connectivity index (χ3n) is 3.95. The van der Waals surface area contributed by atoms with Crippen LogP contribution < -0.4 is 4.74 Å². The summed E-state index contributed by atoms with van der Waals surface area (Å²) in [5.74, 6) is 1.65. The number of pyridine rings is 1. The van der Waals surface area contributed by atoms with Gasteiger partial charge in [0, 0.05) is 11.2 Å². The lowest BCUT2D eigenvalue weighted by Gasteiger charge is -2.10. The van der Waals surface area contributed by atoms with Crippen molar-refractivity contribution in [3.63, 3.8) is 0 Å². The van der Waals surface area contributed by atoms with Crippen LogP contribution in [-0.4, -0.2) is 21.1 Å². The van der Waals surface area contributed by atoms with Gasteiger partial charge in [0.25, 0.3) is 0 Å². The highest BCUT2D eigenvalue weighted by Crippen LogP contribution is 2.23. The fourth-order valence-electron chi connectivity index (χ4n) is 2.78. The van der Waals surface area contributed by atoms with Gasteiger partial charge in [0.2, 0.25) is 0 Å². The Morgan fingerprint density at radius 1 is 0.920 bits per heavy atom. The summed E-state index contributed by atoms with van der Waals surface area (Å²) in [6.45, 7) is 1.21. The van der Waals surface area contributed by atoms with Gasteiger partial charge in [-0.1, -0.05) is 29.8 Å². The molecule has 0 N–H and O–H groups in total. The van der Waals surface area contributed by atoms with Crippen molar-refractivity contribution >= 4 is 22.6 Å². The number of para-hydroxylation sites is 2. The number of imidazole rings is 1. The molecule has 5 heteroatoms. The first-order valence-electron chi connectivity index (χ1n) is 8.06. The van der Waals surface area contributed by atoms with Gasteiger partial charge in [-0.15, -0.1) is 0 Å². The third-order valence-corrected chi connectivity index (χ3v) is 4.20. The molecule has 4 aromatic rings. The highest BCUT2D eigenvalue weighted by atomic mass is 35.5. The first-order chi connectivity index (χ1) is 12.3.